The Morgan fingerprint density at radius 1 is 1.44 bits per heavy atom. The summed E-state index contributed by atoms with van der Waals surface area (Å²) in [7, 11) is 3.43. The summed E-state index contributed by atoms with van der Waals surface area (Å²) >= 11 is 0. The Kier molecular flexibility index (Phi) is 5.57. The third-order valence-electron chi connectivity index (χ3n) is 2.40. The van der Waals surface area contributed by atoms with Crippen molar-refractivity contribution in [2.24, 2.45) is 0 Å². The molecule has 1 aromatic rings. The molecule has 0 saturated carbocycles. The summed E-state index contributed by atoms with van der Waals surface area (Å²) in [4.78, 5) is 16.9. The number of carbonyl (C=O) groups is 1. The molecule has 1 heterocycles. The van der Waals surface area contributed by atoms with Crippen molar-refractivity contribution in [2.75, 3.05) is 27.2 Å². The predicted molar refractivity (Wildman–Crippen MR) is 69.2 cm³/mol. The third kappa shape index (κ3) is 4.33. The van der Waals surface area contributed by atoms with Crippen LogP contribution in [0, 0.1) is 0 Å². The van der Waals surface area contributed by atoms with E-state index in [0.717, 1.165) is 5.82 Å². The zero-order valence-electron chi connectivity index (χ0n) is 11.5. The van der Waals surface area contributed by atoms with E-state index in [0.29, 0.717) is 25.7 Å². The van der Waals surface area contributed by atoms with Gasteiger partial charge in [0, 0.05) is 33.2 Å². The number of hydrogen-bond acceptors (Lipinski definition) is 4. The summed E-state index contributed by atoms with van der Waals surface area (Å²) in [6.07, 6.45) is 1.56. The maximum atomic E-state index is 11.2. The van der Waals surface area contributed by atoms with Gasteiger partial charge in [0.25, 0.3) is 0 Å². The molecule has 0 fully saturated rings. The Morgan fingerprint density at radius 2 is 2.17 bits per heavy atom. The molecular weight excluding hydrogens is 232 g/mol. The summed E-state index contributed by atoms with van der Waals surface area (Å²) in [6.45, 7) is 6.07. The highest BCUT2D eigenvalue weighted by molar-refractivity contribution is 5.73. The molecule has 7 heteroatoms. The maximum Gasteiger partial charge on any atom is 0.316 e. The zero-order chi connectivity index (χ0) is 13.5. The van der Waals surface area contributed by atoms with Crippen molar-refractivity contribution in [1.82, 2.24) is 30.3 Å². The van der Waals surface area contributed by atoms with Crippen molar-refractivity contribution in [2.45, 2.75) is 26.4 Å². The van der Waals surface area contributed by atoms with Gasteiger partial charge in [-0.15, -0.1) is 0 Å². The van der Waals surface area contributed by atoms with Gasteiger partial charge >= 0.3 is 6.03 Å². The number of amides is 2. The van der Waals surface area contributed by atoms with E-state index < -0.39 is 0 Å². The number of rotatable bonds is 6. The lowest BCUT2D eigenvalue weighted by Crippen LogP contribution is -2.38. The Labute approximate surface area is 108 Å². The summed E-state index contributed by atoms with van der Waals surface area (Å²) in [5, 5.41) is 10.2. The van der Waals surface area contributed by atoms with Crippen LogP contribution in [0.4, 0.5) is 4.79 Å². The Balaban J connectivity index is 2.22. The molecule has 0 unspecified atom stereocenters. The molecule has 2 N–H and O–H groups in total. The van der Waals surface area contributed by atoms with Gasteiger partial charge in [0.1, 0.15) is 12.2 Å². The average Bonchev–Trinajstić information content (AvgIpc) is 2.76. The van der Waals surface area contributed by atoms with Crippen molar-refractivity contribution < 1.29 is 4.79 Å². The molecule has 0 aliphatic rings. The summed E-state index contributed by atoms with van der Waals surface area (Å²) in [5.74, 6) is 0.906. The predicted octanol–water partition coefficient (Wildman–Crippen LogP) is 0.220. The molecule has 7 nitrogen and oxygen atoms in total. The van der Waals surface area contributed by atoms with E-state index in [1.165, 1.54) is 4.90 Å². The van der Waals surface area contributed by atoms with Crippen LogP contribution in [0.25, 0.3) is 0 Å². The lowest BCUT2D eigenvalue weighted by atomic mass is 10.4. The standard InChI is InChI=1S/C11H22N6O/c1-9(2)17-10(14-8-15-17)7-12-5-6-13-11(18)16(3)4/h8-9,12H,5-7H2,1-4H3,(H,13,18). The molecule has 102 valence electrons. The van der Waals surface area contributed by atoms with Crippen LogP contribution in [-0.2, 0) is 6.54 Å². The first-order valence-electron chi connectivity index (χ1n) is 6.06. The normalized spacial score (nSPS) is 10.7. The van der Waals surface area contributed by atoms with Crippen molar-refractivity contribution in [3.63, 3.8) is 0 Å². The molecule has 0 atom stereocenters. The van der Waals surface area contributed by atoms with Gasteiger partial charge in [-0.25, -0.2) is 14.5 Å². The van der Waals surface area contributed by atoms with E-state index >= 15 is 0 Å². The number of nitrogens with one attached hydrogen (secondary N) is 2. The molecule has 0 aliphatic heterocycles. The number of nitrogens with zero attached hydrogens (tertiary/aromatic N) is 4. The Bertz CT molecular complexity index is 373. The van der Waals surface area contributed by atoms with Gasteiger partial charge in [0.05, 0.1) is 6.54 Å². The first-order valence-corrected chi connectivity index (χ1v) is 6.06. The number of carbonyl (C=O) groups excluding carboxylic acids is 1. The fourth-order valence-corrected chi connectivity index (χ4v) is 1.45. The Hall–Kier alpha value is -1.63. The van der Waals surface area contributed by atoms with Crippen LogP contribution in [0.3, 0.4) is 0 Å². The van der Waals surface area contributed by atoms with Crippen molar-refractivity contribution in [3.05, 3.63) is 12.2 Å². The first-order chi connectivity index (χ1) is 8.52. The highest BCUT2D eigenvalue weighted by atomic mass is 16.2. The minimum Gasteiger partial charge on any atom is -0.337 e. The lowest BCUT2D eigenvalue weighted by Gasteiger charge is -2.12. The highest BCUT2D eigenvalue weighted by Gasteiger charge is 2.06. The third-order valence-corrected chi connectivity index (χ3v) is 2.40. The van der Waals surface area contributed by atoms with Crippen LogP contribution >= 0.6 is 0 Å². The maximum absolute atomic E-state index is 11.2. The minimum absolute atomic E-state index is 0.0813. The second-order valence-corrected chi connectivity index (χ2v) is 4.52. The second-order valence-electron chi connectivity index (χ2n) is 4.52. The SMILES string of the molecule is CC(C)n1ncnc1CNCCNC(=O)N(C)C. The van der Waals surface area contributed by atoms with Gasteiger partial charge in [-0.2, -0.15) is 5.10 Å². The molecular formula is C11H22N6O. The molecule has 0 bridgehead atoms. The molecule has 1 rings (SSSR count). The lowest BCUT2D eigenvalue weighted by molar-refractivity contribution is 0.217. The molecule has 0 saturated heterocycles. The van der Waals surface area contributed by atoms with Crippen molar-refractivity contribution in [3.8, 4) is 0 Å². The van der Waals surface area contributed by atoms with Gasteiger partial charge < -0.3 is 15.5 Å². The first kappa shape index (κ1) is 14.4. The smallest absolute Gasteiger partial charge is 0.316 e. The molecule has 2 amide bonds. The monoisotopic (exact) mass is 254 g/mol. The topological polar surface area (TPSA) is 75.1 Å². The van der Waals surface area contributed by atoms with E-state index in [1.807, 2.05) is 4.68 Å². The van der Waals surface area contributed by atoms with Crippen LogP contribution in [0.5, 0.6) is 0 Å². The van der Waals surface area contributed by atoms with Crippen LogP contribution < -0.4 is 10.6 Å². The zero-order valence-corrected chi connectivity index (χ0v) is 11.5. The van der Waals surface area contributed by atoms with Crippen LogP contribution in [-0.4, -0.2) is 52.9 Å². The van der Waals surface area contributed by atoms with Crippen LogP contribution in [0.1, 0.15) is 25.7 Å². The quantitative estimate of drug-likeness (QED) is 0.712. The van der Waals surface area contributed by atoms with Crippen LogP contribution in [0.15, 0.2) is 6.33 Å². The largest absolute Gasteiger partial charge is 0.337 e. The summed E-state index contributed by atoms with van der Waals surface area (Å²) in [6, 6.07) is 0.222. The number of urea groups is 1. The number of hydrogen-bond donors (Lipinski definition) is 2. The molecule has 18 heavy (non-hydrogen) atoms. The molecule has 0 radical (unpaired) electrons. The van der Waals surface area contributed by atoms with Gasteiger partial charge in [-0.1, -0.05) is 0 Å². The van der Waals surface area contributed by atoms with Gasteiger partial charge in [0.15, 0.2) is 0 Å². The van der Waals surface area contributed by atoms with E-state index in [2.05, 4.69) is 34.6 Å². The van der Waals surface area contributed by atoms with E-state index in [9.17, 15) is 4.79 Å². The highest BCUT2D eigenvalue weighted by Crippen LogP contribution is 2.04. The second kappa shape index (κ2) is 6.95. The van der Waals surface area contributed by atoms with Crippen molar-refractivity contribution >= 4 is 6.03 Å². The summed E-state index contributed by atoms with van der Waals surface area (Å²) < 4.78 is 1.88. The van der Waals surface area contributed by atoms with Gasteiger partial charge in [-0.05, 0) is 13.8 Å². The molecule has 0 spiro atoms. The van der Waals surface area contributed by atoms with Gasteiger partial charge in [-0.3, -0.25) is 0 Å². The van der Waals surface area contributed by atoms with Crippen LogP contribution in [0.2, 0.25) is 0 Å². The van der Waals surface area contributed by atoms with E-state index in [4.69, 9.17) is 0 Å². The fraction of sp³-hybridized carbons (Fsp3) is 0.727. The van der Waals surface area contributed by atoms with E-state index in [-0.39, 0.29) is 6.03 Å². The summed E-state index contributed by atoms with van der Waals surface area (Å²) in [5.41, 5.74) is 0. The van der Waals surface area contributed by atoms with Gasteiger partial charge in [0.2, 0.25) is 0 Å². The molecule has 1 aromatic heterocycles. The molecule has 0 aliphatic carbocycles. The fourth-order valence-electron chi connectivity index (χ4n) is 1.45. The average molecular weight is 254 g/mol. The minimum atomic E-state index is -0.0813. The number of aromatic nitrogens is 3. The molecule has 0 aromatic carbocycles. The van der Waals surface area contributed by atoms with E-state index in [1.54, 1.807) is 20.4 Å². The van der Waals surface area contributed by atoms with Crippen molar-refractivity contribution in [1.29, 1.82) is 0 Å². The Morgan fingerprint density at radius 3 is 2.78 bits per heavy atom.